The smallest absolute Gasteiger partial charge is 0.163 e. The van der Waals surface area contributed by atoms with E-state index in [4.69, 9.17) is 5.73 Å². The third kappa shape index (κ3) is 2.79. The molecule has 5 heteroatoms. The highest BCUT2D eigenvalue weighted by atomic mass is 32.1. The molecule has 0 saturated carbocycles. The molecule has 64 valence electrons. The minimum atomic E-state index is -0.353. The molecule has 0 spiro atoms. The van der Waals surface area contributed by atoms with Gasteiger partial charge in [-0.15, -0.1) is 0 Å². The molecule has 3 N–H and O–H groups in total. The number of aromatic nitrogens is 1. The normalized spacial score (nSPS) is 9.42. The van der Waals surface area contributed by atoms with Crippen LogP contribution in [0.4, 0.5) is 4.39 Å². The Morgan fingerprint density at radius 1 is 1.67 bits per heavy atom. The number of nitrogens with one attached hydrogen (secondary N) is 1. The zero-order valence-corrected chi connectivity index (χ0v) is 7.07. The summed E-state index contributed by atoms with van der Waals surface area (Å²) in [4.78, 5) is 3.80. The molecule has 1 rings (SSSR count). The minimum absolute atomic E-state index is 0.209. The van der Waals surface area contributed by atoms with Crippen LogP contribution >= 0.6 is 12.2 Å². The molecular formula is C7H8FN3S. The number of nitrogens with two attached hydrogens (primary N) is 1. The molecular weight excluding hydrogens is 177 g/mol. The molecule has 1 heterocycles. The number of rotatable bonds is 2. The van der Waals surface area contributed by atoms with Crippen molar-refractivity contribution in [2.45, 2.75) is 6.54 Å². The van der Waals surface area contributed by atoms with Crippen molar-refractivity contribution in [2.24, 2.45) is 5.73 Å². The van der Waals surface area contributed by atoms with Crippen molar-refractivity contribution in [1.82, 2.24) is 10.3 Å². The van der Waals surface area contributed by atoms with Crippen LogP contribution in [-0.2, 0) is 6.54 Å². The van der Waals surface area contributed by atoms with Crippen LogP contribution in [0.25, 0.3) is 0 Å². The van der Waals surface area contributed by atoms with E-state index < -0.39 is 0 Å². The summed E-state index contributed by atoms with van der Waals surface area (Å²) in [6, 6.07) is 2.91. The van der Waals surface area contributed by atoms with E-state index in [1.807, 2.05) is 0 Å². The molecule has 0 aliphatic heterocycles. The van der Waals surface area contributed by atoms with Gasteiger partial charge in [0.2, 0.25) is 0 Å². The van der Waals surface area contributed by atoms with Crippen molar-refractivity contribution in [3.8, 4) is 0 Å². The third-order valence-corrected chi connectivity index (χ3v) is 1.38. The van der Waals surface area contributed by atoms with E-state index in [2.05, 4.69) is 22.5 Å². The SMILES string of the molecule is NC(=S)NCc1ccc(F)cn1. The van der Waals surface area contributed by atoms with E-state index in [1.54, 1.807) is 6.07 Å². The van der Waals surface area contributed by atoms with Crippen LogP contribution in [0.2, 0.25) is 0 Å². The Kier molecular flexibility index (Phi) is 2.93. The maximum absolute atomic E-state index is 12.4. The fourth-order valence-electron chi connectivity index (χ4n) is 0.689. The van der Waals surface area contributed by atoms with Crippen molar-refractivity contribution in [1.29, 1.82) is 0 Å². The molecule has 0 unspecified atom stereocenters. The standard InChI is InChI=1S/C7H8FN3S/c8-5-1-2-6(10-3-5)4-11-7(9)12/h1-3H,4H2,(H3,9,11,12). The van der Waals surface area contributed by atoms with Gasteiger partial charge < -0.3 is 11.1 Å². The van der Waals surface area contributed by atoms with E-state index >= 15 is 0 Å². The quantitative estimate of drug-likeness (QED) is 0.661. The van der Waals surface area contributed by atoms with Gasteiger partial charge in [-0.2, -0.15) is 0 Å². The number of pyridine rings is 1. The largest absolute Gasteiger partial charge is 0.376 e. The van der Waals surface area contributed by atoms with Crippen molar-refractivity contribution in [2.75, 3.05) is 0 Å². The summed E-state index contributed by atoms with van der Waals surface area (Å²) in [7, 11) is 0. The van der Waals surface area contributed by atoms with E-state index in [-0.39, 0.29) is 10.9 Å². The van der Waals surface area contributed by atoms with Crippen LogP contribution < -0.4 is 11.1 Å². The Labute approximate surface area is 74.8 Å². The number of thiocarbonyl (C=S) groups is 1. The second kappa shape index (κ2) is 3.96. The van der Waals surface area contributed by atoms with Crippen molar-refractivity contribution in [3.05, 3.63) is 29.8 Å². The van der Waals surface area contributed by atoms with Gasteiger partial charge in [0.1, 0.15) is 5.82 Å². The maximum Gasteiger partial charge on any atom is 0.163 e. The fourth-order valence-corrected chi connectivity index (χ4v) is 0.761. The van der Waals surface area contributed by atoms with Crippen LogP contribution in [0.3, 0.4) is 0 Å². The number of halogens is 1. The molecule has 0 fully saturated rings. The van der Waals surface area contributed by atoms with Crippen LogP contribution in [0.15, 0.2) is 18.3 Å². The Balaban J connectivity index is 2.53. The van der Waals surface area contributed by atoms with Crippen molar-refractivity contribution < 1.29 is 4.39 Å². The van der Waals surface area contributed by atoms with E-state index in [1.165, 1.54) is 6.07 Å². The zero-order chi connectivity index (χ0) is 8.97. The first-order chi connectivity index (χ1) is 5.68. The van der Waals surface area contributed by atoms with E-state index in [9.17, 15) is 4.39 Å². The molecule has 0 radical (unpaired) electrons. The van der Waals surface area contributed by atoms with Gasteiger partial charge in [-0.05, 0) is 24.4 Å². The first-order valence-electron chi connectivity index (χ1n) is 3.32. The summed E-state index contributed by atoms with van der Waals surface area (Å²) >= 11 is 4.59. The van der Waals surface area contributed by atoms with Gasteiger partial charge in [-0.1, -0.05) is 0 Å². The number of nitrogens with zero attached hydrogens (tertiary/aromatic N) is 1. The summed E-state index contributed by atoms with van der Waals surface area (Å²) in [6.07, 6.45) is 1.15. The van der Waals surface area contributed by atoms with Gasteiger partial charge in [0, 0.05) is 0 Å². The number of hydrogen-bond acceptors (Lipinski definition) is 2. The summed E-state index contributed by atoms with van der Waals surface area (Å²) in [5, 5.41) is 2.91. The summed E-state index contributed by atoms with van der Waals surface area (Å²) in [5.74, 6) is -0.353. The third-order valence-electron chi connectivity index (χ3n) is 1.23. The van der Waals surface area contributed by atoms with Gasteiger partial charge in [-0.3, -0.25) is 4.98 Å². The minimum Gasteiger partial charge on any atom is -0.376 e. The Bertz CT molecular complexity index is 272. The number of hydrogen-bond donors (Lipinski definition) is 2. The van der Waals surface area contributed by atoms with Crippen LogP contribution in [0.5, 0.6) is 0 Å². The molecule has 12 heavy (non-hydrogen) atoms. The average molecular weight is 185 g/mol. The Morgan fingerprint density at radius 3 is 2.92 bits per heavy atom. The Morgan fingerprint density at radius 2 is 2.42 bits per heavy atom. The predicted octanol–water partition coefficient (Wildman–Crippen LogP) is 0.554. The van der Waals surface area contributed by atoms with E-state index in [0.29, 0.717) is 12.2 Å². The molecule has 1 aromatic rings. The second-order valence-electron chi connectivity index (χ2n) is 2.19. The van der Waals surface area contributed by atoms with Crippen molar-refractivity contribution >= 4 is 17.3 Å². The maximum atomic E-state index is 12.4. The van der Waals surface area contributed by atoms with Crippen molar-refractivity contribution in [3.63, 3.8) is 0 Å². The van der Waals surface area contributed by atoms with Gasteiger partial charge >= 0.3 is 0 Å². The van der Waals surface area contributed by atoms with Gasteiger partial charge in [-0.25, -0.2) is 4.39 Å². The lowest BCUT2D eigenvalue weighted by molar-refractivity contribution is 0.618. The summed E-state index contributed by atoms with van der Waals surface area (Å²) < 4.78 is 12.4. The molecule has 3 nitrogen and oxygen atoms in total. The first-order valence-corrected chi connectivity index (χ1v) is 3.73. The lowest BCUT2D eigenvalue weighted by atomic mass is 10.3. The second-order valence-corrected chi connectivity index (χ2v) is 2.63. The topological polar surface area (TPSA) is 50.9 Å². The van der Waals surface area contributed by atoms with E-state index in [0.717, 1.165) is 6.20 Å². The molecule has 1 aromatic heterocycles. The Hall–Kier alpha value is -1.23. The summed E-state index contributed by atoms with van der Waals surface area (Å²) in [6.45, 7) is 0.426. The van der Waals surface area contributed by atoms with Gasteiger partial charge in [0.25, 0.3) is 0 Å². The molecule has 0 amide bonds. The molecule has 0 aromatic carbocycles. The van der Waals surface area contributed by atoms with Crippen LogP contribution in [0, 0.1) is 5.82 Å². The summed E-state index contributed by atoms with van der Waals surface area (Å²) in [5.41, 5.74) is 5.89. The lowest BCUT2D eigenvalue weighted by Crippen LogP contribution is -2.28. The highest BCUT2D eigenvalue weighted by molar-refractivity contribution is 7.80. The molecule has 0 aliphatic carbocycles. The van der Waals surface area contributed by atoms with Crippen LogP contribution in [-0.4, -0.2) is 10.1 Å². The molecule has 0 atom stereocenters. The average Bonchev–Trinajstić information content (AvgIpc) is 2.03. The fraction of sp³-hybridized carbons (Fsp3) is 0.143. The monoisotopic (exact) mass is 185 g/mol. The lowest BCUT2D eigenvalue weighted by Gasteiger charge is -2.01. The molecule has 0 aliphatic rings. The first kappa shape index (κ1) is 8.86. The van der Waals surface area contributed by atoms with Gasteiger partial charge in [0.15, 0.2) is 5.11 Å². The van der Waals surface area contributed by atoms with Crippen LogP contribution in [0.1, 0.15) is 5.69 Å². The highest BCUT2D eigenvalue weighted by Crippen LogP contribution is 1.96. The zero-order valence-electron chi connectivity index (χ0n) is 6.25. The van der Waals surface area contributed by atoms with Gasteiger partial charge in [0.05, 0.1) is 18.4 Å². The molecule has 0 saturated heterocycles. The highest BCUT2D eigenvalue weighted by Gasteiger charge is 1.94. The predicted molar refractivity (Wildman–Crippen MR) is 47.8 cm³/mol. The molecule has 0 bridgehead atoms.